The van der Waals surface area contributed by atoms with Crippen molar-refractivity contribution in [3.63, 3.8) is 0 Å². The lowest BCUT2D eigenvalue weighted by atomic mass is 10.2. The highest BCUT2D eigenvalue weighted by atomic mass is 16.5. The van der Waals surface area contributed by atoms with Crippen molar-refractivity contribution in [1.82, 2.24) is 9.38 Å². The number of aryl methyl sites for hydroxylation is 1. The van der Waals surface area contributed by atoms with Crippen molar-refractivity contribution in [3.05, 3.63) is 71.1 Å². The van der Waals surface area contributed by atoms with Crippen molar-refractivity contribution >= 4 is 17.7 Å². The molecule has 2 aromatic heterocycles. The molecular formula is C23H23N3O3. The lowest BCUT2D eigenvalue weighted by molar-refractivity contribution is -0.139. The Bertz CT molecular complexity index is 1080. The van der Waals surface area contributed by atoms with Gasteiger partial charge in [0.1, 0.15) is 29.6 Å². The van der Waals surface area contributed by atoms with Crippen molar-refractivity contribution in [1.29, 1.82) is 5.26 Å². The zero-order chi connectivity index (χ0) is 20.8. The first-order valence-electron chi connectivity index (χ1n) is 9.43. The van der Waals surface area contributed by atoms with Crippen LogP contribution in [0.1, 0.15) is 30.7 Å². The van der Waals surface area contributed by atoms with E-state index >= 15 is 0 Å². The Morgan fingerprint density at radius 3 is 2.69 bits per heavy atom. The first-order valence-corrected chi connectivity index (χ1v) is 9.43. The van der Waals surface area contributed by atoms with Crippen LogP contribution in [-0.4, -0.2) is 22.0 Å². The number of esters is 1. The summed E-state index contributed by atoms with van der Waals surface area (Å²) < 4.78 is 13.0. The molecular weight excluding hydrogens is 366 g/mol. The number of fused-ring (bicyclic) bond motifs is 1. The van der Waals surface area contributed by atoms with E-state index < -0.39 is 5.97 Å². The molecule has 6 nitrogen and oxygen atoms in total. The molecule has 0 saturated carbocycles. The summed E-state index contributed by atoms with van der Waals surface area (Å²) in [5.41, 5.74) is 2.96. The van der Waals surface area contributed by atoms with Gasteiger partial charge < -0.3 is 9.47 Å². The largest absolute Gasteiger partial charge is 0.476 e. The fraction of sp³-hybridized carbons (Fsp3) is 0.261. The SMILES string of the molecule is Cc1cccn2c(C=C(C#N)C(=O)OCc3ccccc3)c(OCC(C)C)nc12. The Kier molecular flexibility index (Phi) is 6.30. The number of aromatic nitrogens is 2. The molecule has 6 heteroatoms. The number of imidazole rings is 1. The van der Waals surface area contributed by atoms with E-state index in [9.17, 15) is 10.1 Å². The van der Waals surface area contributed by atoms with Crippen molar-refractivity contribution in [2.45, 2.75) is 27.4 Å². The lowest BCUT2D eigenvalue weighted by Crippen LogP contribution is -2.08. The summed E-state index contributed by atoms with van der Waals surface area (Å²) in [6.45, 7) is 6.60. The molecule has 2 heterocycles. The molecule has 1 aromatic carbocycles. The summed E-state index contributed by atoms with van der Waals surface area (Å²) in [4.78, 5) is 17.0. The van der Waals surface area contributed by atoms with Crippen LogP contribution < -0.4 is 4.74 Å². The van der Waals surface area contributed by atoms with Gasteiger partial charge in [-0.1, -0.05) is 50.2 Å². The van der Waals surface area contributed by atoms with Gasteiger partial charge in [0.2, 0.25) is 5.88 Å². The molecule has 0 aliphatic heterocycles. The van der Waals surface area contributed by atoms with Crippen molar-refractivity contribution in [2.24, 2.45) is 5.92 Å². The van der Waals surface area contributed by atoms with Gasteiger partial charge in [-0.3, -0.25) is 4.40 Å². The number of pyridine rings is 1. The van der Waals surface area contributed by atoms with Gasteiger partial charge in [0.15, 0.2) is 0 Å². The normalized spacial score (nSPS) is 11.5. The Hall–Kier alpha value is -3.59. The number of nitriles is 1. The van der Waals surface area contributed by atoms with Gasteiger partial charge in [-0.2, -0.15) is 10.2 Å². The van der Waals surface area contributed by atoms with Crippen LogP contribution in [0.5, 0.6) is 5.88 Å². The van der Waals surface area contributed by atoms with Crippen LogP contribution in [0.2, 0.25) is 0 Å². The molecule has 0 aliphatic carbocycles. The van der Waals surface area contributed by atoms with Gasteiger partial charge in [0.25, 0.3) is 0 Å². The van der Waals surface area contributed by atoms with Crippen LogP contribution in [0.3, 0.4) is 0 Å². The van der Waals surface area contributed by atoms with Crippen molar-refractivity contribution in [2.75, 3.05) is 6.61 Å². The molecule has 0 N–H and O–H groups in total. The molecule has 0 unspecified atom stereocenters. The minimum Gasteiger partial charge on any atom is -0.476 e. The first-order chi connectivity index (χ1) is 14.0. The molecule has 0 spiro atoms. The second-order valence-corrected chi connectivity index (χ2v) is 7.12. The zero-order valence-corrected chi connectivity index (χ0v) is 16.8. The number of rotatable bonds is 7. The Morgan fingerprint density at radius 2 is 2.00 bits per heavy atom. The predicted octanol–water partition coefficient (Wildman–Crippen LogP) is 4.33. The maximum atomic E-state index is 12.5. The first kappa shape index (κ1) is 20.2. The third kappa shape index (κ3) is 4.82. The van der Waals surface area contributed by atoms with Gasteiger partial charge in [-0.15, -0.1) is 0 Å². The quantitative estimate of drug-likeness (QED) is 0.341. The average Bonchev–Trinajstić information content (AvgIpc) is 3.08. The highest BCUT2D eigenvalue weighted by molar-refractivity contribution is 5.98. The van der Waals surface area contributed by atoms with Gasteiger partial charge >= 0.3 is 5.97 Å². The Morgan fingerprint density at radius 1 is 1.24 bits per heavy atom. The summed E-state index contributed by atoms with van der Waals surface area (Å²) in [6, 6.07) is 15.1. The molecule has 3 rings (SSSR count). The van der Waals surface area contributed by atoms with Gasteiger partial charge in [-0.25, -0.2) is 4.79 Å². The maximum Gasteiger partial charge on any atom is 0.349 e. The molecule has 0 atom stereocenters. The maximum absolute atomic E-state index is 12.5. The molecule has 0 radical (unpaired) electrons. The van der Waals surface area contributed by atoms with E-state index in [1.165, 1.54) is 6.08 Å². The van der Waals surface area contributed by atoms with E-state index in [1.54, 1.807) is 0 Å². The van der Waals surface area contributed by atoms with E-state index in [0.29, 0.717) is 29.7 Å². The summed E-state index contributed by atoms with van der Waals surface area (Å²) >= 11 is 0. The fourth-order valence-corrected chi connectivity index (χ4v) is 2.76. The van der Waals surface area contributed by atoms with Crippen LogP contribution in [0.25, 0.3) is 11.7 Å². The monoisotopic (exact) mass is 389 g/mol. The summed E-state index contributed by atoms with van der Waals surface area (Å²) in [6.07, 6.45) is 3.30. The van der Waals surface area contributed by atoms with E-state index in [4.69, 9.17) is 9.47 Å². The Balaban J connectivity index is 1.93. The molecule has 0 bridgehead atoms. The second-order valence-electron chi connectivity index (χ2n) is 7.12. The van der Waals surface area contributed by atoms with Gasteiger partial charge in [0, 0.05) is 6.20 Å². The third-order valence-corrected chi connectivity index (χ3v) is 4.24. The second kappa shape index (κ2) is 9.07. The standard InChI is InChI=1S/C23H23N3O3/c1-16(2)14-28-22-20(26-11-7-8-17(3)21(26)25-22)12-19(13-24)23(27)29-15-18-9-5-4-6-10-18/h4-12,16H,14-15H2,1-3H3. The summed E-state index contributed by atoms with van der Waals surface area (Å²) in [5.74, 6) is 0.00869. The molecule has 148 valence electrons. The topological polar surface area (TPSA) is 76.6 Å². The number of ether oxygens (including phenoxy) is 2. The number of benzene rings is 1. The molecule has 0 saturated heterocycles. The fourth-order valence-electron chi connectivity index (χ4n) is 2.76. The molecule has 0 fully saturated rings. The van der Waals surface area contributed by atoms with E-state index in [-0.39, 0.29) is 12.2 Å². The van der Waals surface area contributed by atoms with Crippen LogP contribution in [0, 0.1) is 24.2 Å². The molecule has 29 heavy (non-hydrogen) atoms. The number of hydrogen-bond acceptors (Lipinski definition) is 5. The van der Waals surface area contributed by atoms with E-state index in [2.05, 4.69) is 4.98 Å². The van der Waals surface area contributed by atoms with Crippen LogP contribution in [0.4, 0.5) is 0 Å². The third-order valence-electron chi connectivity index (χ3n) is 4.24. The molecule has 0 aliphatic rings. The molecule has 3 aromatic rings. The minimum absolute atomic E-state index is 0.0989. The van der Waals surface area contributed by atoms with Gasteiger partial charge in [0.05, 0.1) is 6.61 Å². The number of carbonyl (C=O) groups is 1. The van der Waals surface area contributed by atoms with Crippen LogP contribution >= 0.6 is 0 Å². The van der Waals surface area contributed by atoms with Gasteiger partial charge in [-0.05, 0) is 36.1 Å². The van der Waals surface area contributed by atoms with Crippen LogP contribution in [-0.2, 0) is 16.1 Å². The Labute approximate surface area is 170 Å². The smallest absolute Gasteiger partial charge is 0.349 e. The average molecular weight is 389 g/mol. The van der Waals surface area contributed by atoms with Crippen molar-refractivity contribution in [3.8, 4) is 11.9 Å². The summed E-state index contributed by atoms with van der Waals surface area (Å²) in [7, 11) is 0. The molecule has 0 amide bonds. The number of hydrogen-bond donors (Lipinski definition) is 0. The van der Waals surface area contributed by atoms with Crippen molar-refractivity contribution < 1.29 is 14.3 Å². The number of nitrogens with zero attached hydrogens (tertiary/aromatic N) is 3. The van der Waals surface area contributed by atoms with E-state index in [0.717, 1.165) is 11.1 Å². The zero-order valence-electron chi connectivity index (χ0n) is 16.8. The van der Waals surface area contributed by atoms with E-state index in [1.807, 2.05) is 79.9 Å². The number of carbonyl (C=O) groups excluding carboxylic acids is 1. The summed E-state index contributed by atoms with van der Waals surface area (Å²) in [5, 5.41) is 9.54. The van der Waals surface area contributed by atoms with Crippen LogP contribution in [0.15, 0.2) is 54.2 Å². The lowest BCUT2D eigenvalue weighted by Gasteiger charge is -2.07. The highest BCUT2D eigenvalue weighted by Gasteiger charge is 2.18. The predicted molar refractivity (Wildman–Crippen MR) is 110 cm³/mol. The highest BCUT2D eigenvalue weighted by Crippen LogP contribution is 2.25. The minimum atomic E-state index is -0.686.